The molecule has 0 spiro atoms. The van der Waals surface area contributed by atoms with Crippen molar-refractivity contribution in [2.45, 2.75) is 45.7 Å². The summed E-state index contributed by atoms with van der Waals surface area (Å²) in [6.07, 6.45) is 2.69. The Labute approximate surface area is 170 Å². The molecule has 4 N–H and O–H groups in total. The van der Waals surface area contributed by atoms with Gasteiger partial charge in [0.1, 0.15) is 0 Å². The predicted octanol–water partition coefficient (Wildman–Crippen LogP) is 1.68. The number of piperidine rings is 1. The average Bonchev–Trinajstić information content (AvgIpc) is 2.70. The second-order valence-corrected chi connectivity index (χ2v) is 6.95. The van der Waals surface area contributed by atoms with Gasteiger partial charge in [-0.2, -0.15) is 0 Å². The maximum absolute atomic E-state index is 12.2. The third-order valence-electron chi connectivity index (χ3n) is 4.84. The van der Waals surface area contributed by atoms with Crippen LogP contribution in [0.4, 0.5) is 0 Å². The van der Waals surface area contributed by atoms with E-state index in [1.807, 2.05) is 19.1 Å². The number of carbonyl (C=O) groups is 3. The van der Waals surface area contributed by atoms with Crippen LogP contribution in [0.15, 0.2) is 18.2 Å². The molecule has 1 fully saturated rings. The van der Waals surface area contributed by atoms with Crippen LogP contribution >= 0.6 is 0 Å². The molecule has 0 saturated carbocycles. The fraction of sp³-hybridized carbons (Fsp3) is 0.550. The summed E-state index contributed by atoms with van der Waals surface area (Å²) in [6.45, 7) is 6.54. The number of carboxylic acids is 2. The number of benzene rings is 1. The second-order valence-electron chi connectivity index (χ2n) is 6.95. The first-order chi connectivity index (χ1) is 13.7. The van der Waals surface area contributed by atoms with E-state index < -0.39 is 11.9 Å². The van der Waals surface area contributed by atoms with Crippen molar-refractivity contribution in [1.82, 2.24) is 10.2 Å². The van der Waals surface area contributed by atoms with Crippen LogP contribution in [0.25, 0.3) is 0 Å². The number of ether oxygens (including phenoxy) is 1. The Hall–Kier alpha value is -2.81. The lowest BCUT2D eigenvalue weighted by atomic mass is 9.95. The number of carboxylic acid groups (broad SMARTS) is 2. The number of rotatable bonds is 6. The van der Waals surface area contributed by atoms with E-state index in [1.54, 1.807) is 13.2 Å². The number of amides is 1. The van der Waals surface area contributed by atoms with Gasteiger partial charge >= 0.3 is 11.9 Å². The molecule has 1 aliphatic rings. The standard InChI is InChI=1S/C18H28N2O3.C2H2O4/c1-4-13(2)19-18(22)14-8-10-20(11-9-14)12-15-6-5-7-16(23-3)17(15)21;3-1(4)2(5)6/h5-7,13-14,21H,4,8-12H2,1-3H3,(H,19,22);(H,3,4)(H,5,6). The van der Waals surface area contributed by atoms with E-state index in [0.29, 0.717) is 12.3 Å². The molecule has 162 valence electrons. The van der Waals surface area contributed by atoms with Crippen LogP contribution in [0.5, 0.6) is 11.5 Å². The summed E-state index contributed by atoms with van der Waals surface area (Å²) in [5.41, 5.74) is 0.867. The summed E-state index contributed by atoms with van der Waals surface area (Å²) >= 11 is 0. The van der Waals surface area contributed by atoms with Gasteiger partial charge < -0.3 is 25.4 Å². The molecular weight excluding hydrogens is 380 g/mol. The molecule has 1 unspecified atom stereocenters. The number of nitrogens with zero attached hydrogens (tertiary/aromatic N) is 1. The maximum Gasteiger partial charge on any atom is 0.414 e. The number of para-hydroxylation sites is 1. The first kappa shape index (κ1) is 24.2. The minimum absolute atomic E-state index is 0.110. The van der Waals surface area contributed by atoms with E-state index >= 15 is 0 Å². The highest BCUT2D eigenvalue weighted by atomic mass is 16.5. The number of likely N-dealkylation sites (tertiary alicyclic amines) is 1. The van der Waals surface area contributed by atoms with Crippen molar-refractivity contribution in [3.05, 3.63) is 23.8 Å². The lowest BCUT2D eigenvalue weighted by Crippen LogP contribution is -2.42. The monoisotopic (exact) mass is 410 g/mol. The normalized spacial score (nSPS) is 15.6. The summed E-state index contributed by atoms with van der Waals surface area (Å²) in [4.78, 5) is 32.7. The van der Waals surface area contributed by atoms with Crippen LogP contribution in [0.1, 0.15) is 38.7 Å². The molecule has 29 heavy (non-hydrogen) atoms. The Morgan fingerprint density at radius 1 is 1.21 bits per heavy atom. The van der Waals surface area contributed by atoms with Gasteiger partial charge in [0.25, 0.3) is 0 Å². The molecule has 1 amide bonds. The molecular formula is C20H30N2O7. The molecule has 1 aliphatic heterocycles. The van der Waals surface area contributed by atoms with Crippen LogP contribution in [0.3, 0.4) is 0 Å². The zero-order chi connectivity index (χ0) is 22.0. The van der Waals surface area contributed by atoms with Gasteiger partial charge in [-0.15, -0.1) is 0 Å². The van der Waals surface area contributed by atoms with E-state index in [0.717, 1.165) is 37.9 Å². The van der Waals surface area contributed by atoms with Gasteiger partial charge in [0.2, 0.25) is 5.91 Å². The van der Waals surface area contributed by atoms with E-state index in [-0.39, 0.29) is 23.6 Å². The van der Waals surface area contributed by atoms with Gasteiger partial charge in [-0.05, 0) is 45.3 Å². The Bertz CT molecular complexity index is 688. The van der Waals surface area contributed by atoms with Gasteiger partial charge in [0.05, 0.1) is 7.11 Å². The summed E-state index contributed by atoms with van der Waals surface area (Å²) in [5, 5.41) is 28.0. The Morgan fingerprint density at radius 3 is 2.28 bits per heavy atom. The highest BCUT2D eigenvalue weighted by Gasteiger charge is 2.26. The van der Waals surface area contributed by atoms with Crippen LogP contribution in [0, 0.1) is 5.92 Å². The number of phenolic OH excluding ortho intramolecular Hbond substituents is 1. The summed E-state index contributed by atoms with van der Waals surface area (Å²) in [6, 6.07) is 5.80. The maximum atomic E-state index is 12.2. The summed E-state index contributed by atoms with van der Waals surface area (Å²) in [7, 11) is 1.56. The molecule has 0 radical (unpaired) electrons. The fourth-order valence-corrected chi connectivity index (χ4v) is 2.92. The number of aromatic hydroxyl groups is 1. The number of hydrogen-bond acceptors (Lipinski definition) is 6. The molecule has 1 saturated heterocycles. The number of hydrogen-bond donors (Lipinski definition) is 4. The van der Waals surface area contributed by atoms with Crippen LogP contribution in [-0.4, -0.2) is 64.3 Å². The zero-order valence-corrected chi connectivity index (χ0v) is 17.1. The highest BCUT2D eigenvalue weighted by Crippen LogP contribution is 2.31. The van der Waals surface area contributed by atoms with Crippen molar-refractivity contribution in [2.75, 3.05) is 20.2 Å². The summed E-state index contributed by atoms with van der Waals surface area (Å²) in [5.74, 6) is -2.63. The van der Waals surface area contributed by atoms with Gasteiger partial charge in [-0.1, -0.05) is 19.1 Å². The lowest BCUT2D eigenvalue weighted by Gasteiger charge is -2.32. The highest BCUT2D eigenvalue weighted by molar-refractivity contribution is 6.27. The number of aliphatic carboxylic acids is 2. The van der Waals surface area contributed by atoms with E-state index in [2.05, 4.69) is 17.1 Å². The minimum Gasteiger partial charge on any atom is -0.504 e. The molecule has 0 aliphatic carbocycles. The molecule has 1 heterocycles. The third kappa shape index (κ3) is 7.98. The fourth-order valence-electron chi connectivity index (χ4n) is 2.92. The van der Waals surface area contributed by atoms with Crippen molar-refractivity contribution < 1.29 is 34.4 Å². The molecule has 9 heteroatoms. The topological polar surface area (TPSA) is 136 Å². The second kappa shape index (κ2) is 11.9. The lowest BCUT2D eigenvalue weighted by molar-refractivity contribution is -0.159. The van der Waals surface area contributed by atoms with E-state index in [1.165, 1.54) is 0 Å². The molecule has 0 bridgehead atoms. The zero-order valence-electron chi connectivity index (χ0n) is 17.1. The number of methoxy groups -OCH3 is 1. The third-order valence-corrected chi connectivity index (χ3v) is 4.84. The van der Waals surface area contributed by atoms with E-state index in [9.17, 15) is 9.90 Å². The molecule has 9 nitrogen and oxygen atoms in total. The van der Waals surface area contributed by atoms with Crippen LogP contribution < -0.4 is 10.1 Å². The first-order valence-electron chi connectivity index (χ1n) is 9.53. The van der Waals surface area contributed by atoms with E-state index in [4.69, 9.17) is 24.5 Å². The van der Waals surface area contributed by atoms with Crippen molar-refractivity contribution >= 4 is 17.8 Å². The van der Waals surface area contributed by atoms with Crippen molar-refractivity contribution in [1.29, 1.82) is 0 Å². The predicted molar refractivity (Wildman–Crippen MR) is 106 cm³/mol. The first-order valence-corrected chi connectivity index (χ1v) is 9.53. The molecule has 1 atom stereocenters. The Balaban J connectivity index is 0.000000612. The van der Waals surface area contributed by atoms with Crippen molar-refractivity contribution in [3.8, 4) is 11.5 Å². The molecule has 2 rings (SSSR count). The van der Waals surface area contributed by atoms with Gasteiger partial charge in [0, 0.05) is 24.1 Å². The van der Waals surface area contributed by atoms with Gasteiger partial charge in [-0.25, -0.2) is 9.59 Å². The van der Waals surface area contributed by atoms with Crippen molar-refractivity contribution in [2.24, 2.45) is 5.92 Å². The van der Waals surface area contributed by atoms with Gasteiger partial charge in [0.15, 0.2) is 11.5 Å². The number of carbonyl (C=O) groups excluding carboxylic acids is 1. The van der Waals surface area contributed by atoms with Crippen LogP contribution in [-0.2, 0) is 20.9 Å². The Morgan fingerprint density at radius 2 is 1.79 bits per heavy atom. The molecule has 1 aromatic carbocycles. The number of phenols is 1. The minimum atomic E-state index is -1.82. The molecule has 1 aromatic rings. The Kier molecular flexibility index (Phi) is 9.94. The van der Waals surface area contributed by atoms with Crippen LogP contribution in [0.2, 0.25) is 0 Å². The summed E-state index contributed by atoms with van der Waals surface area (Å²) < 4.78 is 5.15. The average molecular weight is 410 g/mol. The SMILES string of the molecule is CCC(C)NC(=O)C1CCN(Cc2cccc(OC)c2O)CC1.O=C(O)C(=O)O. The van der Waals surface area contributed by atoms with Gasteiger partial charge in [-0.3, -0.25) is 9.69 Å². The number of nitrogens with one attached hydrogen (secondary N) is 1. The largest absolute Gasteiger partial charge is 0.504 e. The van der Waals surface area contributed by atoms with Crippen molar-refractivity contribution in [3.63, 3.8) is 0 Å². The quantitative estimate of drug-likeness (QED) is 0.520. The molecule has 0 aromatic heterocycles. The smallest absolute Gasteiger partial charge is 0.414 e.